The van der Waals surface area contributed by atoms with Gasteiger partial charge in [0.25, 0.3) is 0 Å². The van der Waals surface area contributed by atoms with Gasteiger partial charge in [-0.3, -0.25) is 5.32 Å². The number of benzene rings is 1. The molecule has 1 saturated heterocycles. The van der Waals surface area contributed by atoms with Crippen molar-refractivity contribution in [1.82, 2.24) is 14.9 Å². The topological polar surface area (TPSA) is 105 Å². The summed E-state index contributed by atoms with van der Waals surface area (Å²) in [6.45, 7) is 4.57. The molecule has 5 rings (SSSR count). The number of nitrogen functional groups attached to an aromatic ring is 1. The maximum atomic E-state index is 15.2. The molecule has 0 aliphatic carbocycles. The number of urea groups is 1. The maximum Gasteiger partial charge on any atom is 0.323 e. The smallest absolute Gasteiger partial charge is 0.323 e. The molecule has 31 heavy (non-hydrogen) atoms. The highest BCUT2D eigenvalue weighted by Crippen LogP contribution is 2.39. The van der Waals surface area contributed by atoms with Gasteiger partial charge in [-0.05, 0) is 42.8 Å². The zero-order chi connectivity index (χ0) is 21.5. The van der Waals surface area contributed by atoms with Gasteiger partial charge in [0.15, 0.2) is 5.82 Å². The van der Waals surface area contributed by atoms with Crippen LogP contribution in [0.25, 0.3) is 21.9 Å². The highest BCUT2D eigenvalue weighted by Gasteiger charge is 2.22. The summed E-state index contributed by atoms with van der Waals surface area (Å²) in [7, 11) is 0. The van der Waals surface area contributed by atoms with E-state index in [9.17, 15) is 4.79 Å². The third-order valence-electron chi connectivity index (χ3n) is 5.86. The fourth-order valence-electron chi connectivity index (χ4n) is 4.16. The Hall–Kier alpha value is -3.62. The van der Waals surface area contributed by atoms with Gasteiger partial charge in [-0.2, -0.15) is 0 Å². The number of hydrogen-bond acceptors (Lipinski definition) is 6. The van der Waals surface area contributed by atoms with Gasteiger partial charge in [-0.1, -0.05) is 0 Å². The van der Waals surface area contributed by atoms with E-state index >= 15 is 4.39 Å². The van der Waals surface area contributed by atoms with E-state index in [2.05, 4.69) is 20.6 Å². The molecule has 1 fully saturated rings. The van der Waals surface area contributed by atoms with Crippen molar-refractivity contribution in [3.8, 4) is 17.0 Å². The molecule has 0 saturated carbocycles. The number of aromatic nitrogens is 2. The summed E-state index contributed by atoms with van der Waals surface area (Å²) in [4.78, 5) is 22.8. The molecule has 4 N–H and O–H groups in total. The molecule has 2 aliphatic rings. The van der Waals surface area contributed by atoms with Crippen molar-refractivity contribution in [3.63, 3.8) is 0 Å². The van der Waals surface area contributed by atoms with Crippen LogP contribution in [0.1, 0.15) is 18.4 Å². The number of amides is 2. The molecule has 2 amide bonds. The van der Waals surface area contributed by atoms with E-state index in [0.717, 1.165) is 37.2 Å². The van der Waals surface area contributed by atoms with Crippen molar-refractivity contribution in [3.05, 3.63) is 35.9 Å². The first kappa shape index (κ1) is 19.3. The zero-order valence-electron chi connectivity index (χ0n) is 17.2. The van der Waals surface area contributed by atoms with Crippen LogP contribution in [-0.2, 0) is 0 Å². The zero-order valence-corrected chi connectivity index (χ0v) is 17.2. The van der Waals surface area contributed by atoms with Crippen LogP contribution in [0.4, 0.5) is 26.4 Å². The number of likely N-dealkylation sites (tertiary alicyclic amines) is 1. The minimum atomic E-state index is -0.523. The molecule has 3 aromatic rings. The molecule has 160 valence electrons. The Bertz CT molecular complexity index is 1190. The molecule has 4 heterocycles. The standard InChI is InChI=1S/C22H23FN6O2/c1-12-15(10-27-21-20(12)25-4-7-31-21)14-8-13-9-17(26-11-16(13)19(24)18(14)23)28-22(30)29-5-2-3-6-29/h8-11,25H,2-7,24H2,1H3,(H,26,28,30). The third kappa shape index (κ3) is 3.35. The number of ether oxygens (including phenoxy) is 1. The van der Waals surface area contributed by atoms with Crippen LogP contribution in [0, 0.1) is 12.7 Å². The highest BCUT2D eigenvalue weighted by atomic mass is 19.1. The Kier molecular flexibility index (Phi) is 4.72. The summed E-state index contributed by atoms with van der Waals surface area (Å²) >= 11 is 0. The summed E-state index contributed by atoms with van der Waals surface area (Å²) in [6, 6.07) is 3.25. The summed E-state index contributed by atoms with van der Waals surface area (Å²) in [6.07, 6.45) is 5.10. The highest BCUT2D eigenvalue weighted by molar-refractivity contribution is 6.00. The number of nitrogens with two attached hydrogens (primary N) is 1. The lowest BCUT2D eigenvalue weighted by atomic mass is 9.97. The minimum absolute atomic E-state index is 0.0127. The summed E-state index contributed by atoms with van der Waals surface area (Å²) in [5.74, 6) is 0.388. The van der Waals surface area contributed by atoms with Gasteiger partial charge in [0.2, 0.25) is 5.88 Å². The number of pyridine rings is 2. The van der Waals surface area contributed by atoms with Gasteiger partial charge in [0, 0.05) is 48.5 Å². The van der Waals surface area contributed by atoms with Crippen molar-refractivity contribution < 1.29 is 13.9 Å². The van der Waals surface area contributed by atoms with Crippen molar-refractivity contribution in [2.45, 2.75) is 19.8 Å². The second-order valence-electron chi connectivity index (χ2n) is 7.82. The summed E-state index contributed by atoms with van der Waals surface area (Å²) < 4.78 is 20.8. The predicted octanol–water partition coefficient (Wildman–Crippen LogP) is 3.76. The Morgan fingerprint density at radius 3 is 2.84 bits per heavy atom. The van der Waals surface area contributed by atoms with E-state index in [4.69, 9.17) is 10.5 Å². The lowest BCUT2D eigenvalue weighted by Crippen LogP contribution is -2.32. The average Bonchev–Trinajstić information content (AvgIpc) is 3.32. The Morgan fingerprint density at radius 2 is 2.03 bits per heavy atom. The second kappa shape index (κ2) is 7.57. The molecule has 0 bridgehead atoms. The van der Waals surface area contributed by atoms with Crippen molar-refractivity contribution in [2.75, 3.05) is 42.6 Å². The summed E-state index contributed by atoms with van der Waals surface area (Å²) in [5.41, 5.74) is 8.70. The predicted molar refractivity (Wildman–Crippen MR) is 118 cm³/mol. The second-order valence-corrected chi connectivity index (χ2v) is 7.82. The monoisotopic (exact) mass is 422 g/mol. The SMILES string of the molecule is Cc1c(-c2cc3cc(NC(=O)N4CCCC4)ncc3c(N)c2F)cnc2c1NCCO2. The Balaban J connectivity index is 1.56. The van der Waals surface area contributed by atoms with Crippen LogP contribution in [0.2, 0.25) is 0 Å². The molecular weight excluding hydrogens is 399 g/mol. The van der Waals surface area contributed by atoms with Gasteiger partial charge < -0.3 is 20.7 Å². The van der Waals surface area contributed by atoms with Gasteiger partial charge in [-0.15, -0.1) is 0 Å². The molecular formula is C22H23FN6O2. The number of fused-ring (bicyclic) bond motifs is 2. The van der Waals surface area contributed by atoms with Gasteiger partial charge in [0.05, 0.1) is 5.69 Å². The van der Waals surface area contributed by atoms with E-state index in [-0.39, 0.29) is 11.7 Å². The van der Waals surface area contributed by atoms with Crippen LogP contribution >= 0.6 is 0 Å². The van der Waals surface area contributed by atoms with Crippen LogP contribution in [0.3, 0.4) is 0 Å². The van der Waals surface area contributed by atoms with Gasteiger partial charge in [0.1, 0.15) is 18.1 Å². The van der Waals surface area contributed by atoms with Crippen LogP contribution < -0.4 is 21.1 Å². The number of nitrogens with zero attached hydrogens (tertiary/aromatic N) is 3. The van der Waals surface area contributed by atoms with E-state index in [1.54, 1.807) is 23.2 Å². The quantitative estimate of drug-likeness (QED) is 0.543. The lowest BCUT2D eigenvalue weighted by Gasteiger charge is -2.22. The Labute approximate surface area is 178 Å². The van der Waals surface area contributed by atoms with Crippen LogP contribution in [0.15, 0.2) is 24.5 Å². The fraction of sp³-hybridized carbons (Fsp3) is 0.318. The third-order valence-corrected chi connectivity index (χ3v) is 5.86. The normalized spacial score (nSPS) is 15.4. The van der Waals surface area contributed by atoms with E-state index in [1.165, 1.54) is 6.20 Å². The molecule has 2 aromatic heterocycles. The number of anilines is 3. The average molecular weight is 422 g/mol. The number of nitrogens with one attached hydrogen (secondary N) is 2. The van der Waals surface area contributed by atoms with Crippen molar-refractivity contribution >= 4 is 34.0 Å². The largest absolute Gasteiger partial charge is 0.474 e. The van der Waals surface area contributed by atoms with Crippen molar-refractivity contribution in [1.29, 1.82) is 0 Å². The molecule has 0 unspecified atom stereocenters. The molecule has 9 heteroatoms. The van der Waals surface area contributed by atoms with Crippen molar-refractivity contribution in [2.24, 2.45) is 0 Å². The lowest BCUT2D eigenvalue weighted by molar-refractivity contribution is 0.222. The van der Waals surface area contributed by atoms with Crippen LogP contribution in [-0.4, -0.2) is 47.1 Å². The Morgan fingerprint density at radius 1 is 1.23 bits per heavy atom. The van der Waals surface area contributed by atoms with E-state index < -0.39 is 5.82 Å². The molecule has 0 atom stereocenters. The van der Waals surface area contributed by atoms with Gasteiger partial charge >= 0.3 is 6.03 Å². The summed E-state index contributed by atoms with van der Waals surface area (Å²) in [5, 5.41) is 7.26. The first-order valence-electron chi connectivity index (χ1n) is 10.3. The molecule has 0 radical (unpaired) electrons. The number of halogens is 1. The number of carbonyl (C=O) groups is 1. The van der Waals surface area contributed by atoms with E-state index in [0.29, 0.717) is 46.7 Å². The maximum absolute atomic E-state index is 15.2. The first-order valence-corrected chi connectivity index (χ1v) is 10.3. The number of carbonyl (C=O) groups excluding carboxylic acids is 1. The minimum Gasteiger partial charge on any atom is -0.474 e. The molecule has 2 aliphatic heterocycles. The molecule has 1 aromatic carbocycles. The fourth-order valence-corrected chi connectivity index (χ4v) is 4.16. The number of hydrogen-bond donors (Lipinski definition) is 3. The first-order chi connectivity index (χ1) is 15.0. The van der Waals surface area contributed by atoms with Crippen LogP contribution in [0.5, 0.6) is 5.88 Å². The van der Waals surface area contributed by atoms with E-state index in [1.807, 2.05) is 6.92 Å². The molecule has 0 spiro atoms. The van der Waals surface area contributed by atoms with Gasteiger partial charge in [-0.25, -0.2) is 19.2 Å². The molecule has 8 nitrogen and oxygen atoms in total. The number of rotatable bonds is 2.